The maximum Gasteiger partial charge on any atom is 0.234 e. The van der Waals surface area contributed by atoms with E-state index >= 15 is 0 Å². The number of ketones is 1. The van der Waals surface area contributed by atoms with Gasteiger partial charge < -0.3 is 5.32 Å². The smallest absolute Gasteiger partial charge is 0.234 e. The first-order chi connectivity index (χ1) is 8.47. The lowest BCUT2D eigenvalue weighted by Gasteiger charge is -2.15. The van der Waals surface area contributed by atoms with Crippen molar-refractivity contribution in [3.05, 3.63) is 0 Å². The average molecular weight is 258 g/mol. The second-order valence-electron chi connectivity index (χ2n) is 4.57. The molecule has 1 N–H and O–H groups in total. The second-order valence-corrected chi connectivity index (χ2v) is 4.57. The number of Topliss-reactive ketones (excluding diaryl/α,β-unsaturated/α-hetero) is 1. The number of unbranched alkanes of at least 4 members (excludes halogenated alkanes) is 2. The zero-order chi connectivity index (χ0) is 14.4. The SMILES string of the molecule is CCCC.CCCCN(C)CC(=O)NCC(C)=O. The number of hydrogen-bond acceptors (Lipinski definition) is 3. The zero-order valence-electron chi connectivity index (χ0n) is 12.7. The summed E-state index contributed by atoms with van der Waals surface area (Å²) < 4.78 is 0. The van der Waals surface area contributed by atoms with Gasteiger partial charge in [-0.15, -0.1) is 0 Å². The molecule has 4 nitrogen and oxygen atoms in total. The molecule has 0 unspecified atom stereocenters. The Morgan fingerprint density at radius 3 is 2.00 bits per heavy atom. The summed E-state index contributed by atoms with van der Waals surface area (Å²) >= 11 is 0. The lowest BCUT2D eigenvalue weighted by atomic mass is 10.3. The van der Waals surface area contributed by atoms with Crippen molar-refractivity contribution in [2.45, 2.75) is 53.4 Å². The number of rotatable bonds is 8. The molecule has 0 fully saturated rings. The monoisotopic (exact) mass is 258 g/mol. The van der Waals surface area contributed by atoms with E-state index < -0.39 is 0 Å². The first-order valence-electron chi connectivity index (χ1n) is 6.92. The average Bonchev–Trinajstić information content (AvgIpc) is 2.34. The van der Waals surface area contributed by atoms with Crippen LogP contribution < -0.4 is 5.32 Å². The summed E-state index contributed by atoms with van der Waals surface area (Å²) in [5.74, 6) is -0.103. The van der Waals surface area contributed by atoms with Gasteiger partial charge in [0.1, 0.15) is 5.78 Å². The molecule has 0 aliphatic heterocycles. The lowest BCUT2D eigenvalue weighted by Crippen LogP contribution is -2.37. The van der Waals surface area contributed by atoms with Crippen LogP contribution in [0.5, 0.6) is 0 Å². The summed E-state index contributed by atoms with van der Waals surface area (Å²) in [5.41, 5.74) is 0. The van der Waals surface area contributed by atoms with Gasteiger partial charge in [0.05, 0.1) is 13.1 Å². The quantitative estimate of drug-likeness (QED) is 0.726. The van der Waals surface area contributed by atoms with Crippen LogP contribution in [-0.4, -0.2) is 43.3 Å². The highest BCUT2D eigenvalue weighted by Crippen LogP contribution is 1.90. The molecule has 0 atom stereocenters. The molecule has 0 rings (SSSR count). The molecule has 0 saturated heterocycles. The van der Waals surface area contributed by atoms with Crippen molar-refractivity contribution >= 4 is 11.7 Å². The second kappa shape index (κ2) is 14.2. The molecule has 0 aliphatic carbocycles. The molecular weight excluding hydrogens is 228 g/mol. The van der Waals surface area contributed by atoms with E-state index in [1.807, 2.05) is 11.9 Å². The maximum absolute atomic E-state index is 11.2. The molecule has 0 radical (unpaired) electrons. The van der Waals surface area contributed by atoms with Gasteiger partial charge in [-0.05, 0) is 26.9 Å². The van der Waals surface area contributed by atoms with Crippen LogP contribution in [0.25, 0.3) is 0 Å². The Morgan fingerprint density at radius 1 is 1.06 bits per heavy atom. The standard InChI is InChI=1S/C10H20N2O2.C4H10/c1-4-5-6-12(3)8-10(14)11-7-9(2)13;1-3-4-2/h4-8H2,1-3H3,(H,11,14);3-4H2,1-2H3. The topological polar surface area (TPSA) is 49.4 Å². The van der Waals surface area contributed by atoms with Crippen LogP contribution in [0.15, 0.2) is 0 Å². The van der Waals surface area contributed by atoms with E-state index in [9.17, 15) is 9.59 Å². The summed E-state index contributed by atoms with van der Waals surface area (Å²) in [6, 6.07) is 0. The Bertz CT molecular complexity index is 216. The van der Waals surface area contributed by atoms with Crippen molar-refractivity contribution in [1.82, 2.24) is 10.2 Å². The Balaban J connectivity index is 0. The fourth-order valence-corrected chi connectivity index (χ4v) is 1.03. The van der Waals surface area contributed by atoms with Gasteiger partial charge in [-0.2, -0.15) is 0 Å². The predicted octanol–water partition coefficient (Wildman–Crippen LogP) is 2.23. The first kappa shape index (κ1) is 19.4. The zero-order valence-corrected chi connectivity index (χ0v) is 12.7. The molecule has 0 aromatic heterocycles. The molecule has 1 amide bonds. The van der Waals surface area contributed by atoms with Crippen molar-refractivity contribution in [3.63, 3.8) is 0 Å². The number of carbonyl (C=O) groups is 2. The molecule has 0 aromatic carbocycles. The normalized spacial score (nSPS) is 9.67. The highest BCUT2D eigenvalue weighted by atomic mass is 16.2. The van der Waals surface area contributed by atoms with E-state index in [1.165, 1.54) is 19.8 Å². The molecule has 0 bridgehead atoms. The molecule has 0 saturated carbocycles. The Morgan fingerprint density at radius 2 is 1.61 bits per heavy atom. The summed E-state index contributed by atoms with van der Waals surface area (Å²) in [6.07, 6.45) is 4.86. The number of nitrogens with one attached hydrogen (secondary N) is 1. The summed E-state index contributed by atoms with van der Waals surface area (Å²) in [6.45, 7) is 9.36. The summed E-state index contributed by atoms with van der Waals surface area (Å²) in [4.78, 5) is 23.8. The van der Waals surface area contributed by atoms with Crippen LogP contribution in [-0.2, 0) is 9.59 Å². The molecule has 108 valence electrons. The van der Waals surface area contributed by atoms with Gasteiger partial charge in [-0.3, -0.25) is 14.5 Å². The minimum Gasteiger partial charge on any atom is -0.348 e. The van der Waals surface area contributed by atoms with E-state index in [4.69, 9.17) is 0 Å². The van der Waals surface area contributed by atoms with Crippen LogP contribution in [0.1, 0.15) is 53.4 Å². The largest absolute Gasteiger partial charge is 0.348 e. The minimum atomic E-state index is -0.0844. The van der Waals surface area contributed by atoms with Crippen molar-refractivity contribution in [1.29, 1.82) is 0 Å². The van der Waals surface area contributed by atoms with Crippen LogP contribution >= 0.6 is 0 Å². The summed E-state index contributed by atoms with van der Waals surface area (Å²) in [7, 11) is 1.91. The Kier molecular flexibility index (Phi) is 15.3. The van der Waals surface area contributed by atoms with E-state index in [-0.39, 0.29) is 18.2 Å². The van der Waals surface area contributed by atoms with Gasteiger partial charge in [0.2, 0.25) is 5.91 Å². The molecule has 18 heavy (non-hydrogen) atoms. The van der Waals surface area contributed by atoms with E-state index in [0.717, 1.165) is 19.4 Å². The number of carbonyl (C=O) groups excluding carboxylic acids is 2. The van der Waals surface area contributed by atoms with Gasteiger partial charge in [0.25, 0.3) is 0 Å². The summed E-state index contributed by atoms with van der Waals surface area (Å²) in [5, 5.41) is 2.56. The molecule has 0 spiro atoms. The first-order valence-corrected chi connectivity index (χ1v) is 6.92. The van der Waals surface area contributed by atoms with Gasteiger partial charge in [-0.25, -0.2) is 0 Å². The van der Waals surface area contributed by atoms with Gasteiger partial charge >= 0.3 is 0 Å². The molecule has 4 heteroatoms. The fraction of sp³-hybridized carbons (Fsp3) is 0.857. The Labute approximate surface area is 112 Å². The van der Waals surface area contributed by atoms with E-state index in [2.05, 4.69) is 26.1 Å². The highest BCUT2D eigenvalue weighted by Gasteiger charge is 2.05. The fourth-order valence-electron chi connectivity index (χ4n) is 1.03. The van der Waals surface area contributed by atoms with E-state index in [0.29, 0.717) is 6.54 Å². The lowest BCUT2D eigenvalue weighted by molar-refractivity contribution is -0.125. The molecule has 0 heterocycles. The maximum atomic E-state index is 11.2. The third-order valence-electron chi connectivity index (χ3n) is 2.34. The minimum absolute atomic E-state index is 0.0189. The van der Waals surface area contributed by atoms with Crippen LogP contribution in [0.3, 0.4) is 0 Å². The number of amides is 1. The highest BCUT2D eigenvalue weighted by molar-refractivity contribution is 5.85. The third-order valence-corrected chi connectivity index (χ3v) is 2.34. The Hall–Kier alpha value is -0.900. The van der Waals surface area contributed by atoms with Crippen LogP contribution in [0.4, 0.5) is 0 Å². The van der Waals surface area contributed by atoms with Crippen molar-refractivity contribution in [3.8, 4) is 0 Å². The van der Waals surface area contributed by atoms with E-state index in [1.54, 1.807) is 0 Å². The number of hydrogen-bond donors (Lipinski definition) is 1. The van der Waals surface area contributed by atoms with Crippen molar-refractivity contribution in [2.75, 3.05) is 26.7 Å². The predicted molar refractivity (Wildman–Crippen MR) is 76.7 cm³/mol. The van der Waals surface area contributed by atoms with Gasteiger partial charge in [-0.1, -0.05) is 40.0 Å². The van der Waals surface area contributed by atoms with Gasteiger partial charge in [0, 0.05) is 0 Å². The van der Waals surface area contributed by atoms with Gasteiger partial charge in [0.15, 0.2) is 0 Å². The molecule has 0 aromatic rings. The number of nitrogens with zero attached hydrogens (tertiary/aromatic N) is 1. The van der Waals surface area contributed by atoms with Crippen molar-refractivity contribution < 1.29 is 9.59 Å². The molecule has 0 aliphatic rings. The molecular formula is C14H30N2O2. The van der Waals surface area contributed by atoms with Crippen LogP contribution in [0.2, 0.25) is 0 Å². The van der Waals surface area contributed by atoms with Crippen LogP contribution in [0, 0.1) is 0 Å². The van der Waals surface area contributed by atoms with Crippen molar-refractivity contribution in [2.24, 2.45) is 0 Å². The number of likely N-dealkylation sites (N-methyl/N-ethyl adjacent to an activating group) is 1. The third kappa shape index (κ3) is 17.5.